The first-order valence-corrected chi connectivity index (χ1v) is 8.75. The molecule has 2 N–H and O–H groups in total. The van der Waals surface area contributed by atoms with E-state index in [4.69, 9.17) is 0 Å². The van der Waals surface area contributed by atoms with Crippen LogP contribution < -0.4 is 0 Å². The zero-order valence-electron chi connectivity index (χ0n) is 14.4. The van der Waals surface area contributed by atoms with Gasteiger partial charge in [-0.2, -0.15) is 0 Å². The summed E-state index contributed by atoms with van der Waals surface area (Å²) in [5.74, 6) is -0.126. The van der Waals surface area contributed by atoms with Gasteiger partial charge in [0, 0.05) is 17.8 Å². The number of hydrogen-bond acceptors (Lipinski definition) is 4. The topological polar surface area (TPSA) is 78.6 Å². The van der Waals surface area contributed by atoms with Gasteiger partial charge in [-0.3, -0.25) is 9.36 Å². The molecular weight excluding hydrogens is 330 g/mol. The minimum absolute atomic E-state index is 0.126. The molecule has 0 saturated carbocycles. The van der Waals surface area contributed by atoms with Crippen LogP contribution in [0.15, 0.2) is 54.9 Å². The van der Waals surface area contributed by atoms with E-state index in [1.165, 1.54) is 0 Å². The molecule has 0 bridgehead atoms. The predicted octanol–water partition coefficient (Wildman–Crippen LogP) is 1.98. The number of carbonyl (C=O) groups is 1. The van der Waals surface area contributed by atoms with Gasteiger partial charge in [0.15, 0.2) is 0 Å². The van der Waals surface area contributed by atoms with E-state index >= 15 is 0 Å². The maximum atomic E-state index is 12.7. The first-order chi connectivity index (χ1) is 12.6. The van der Waals surface area contributed by atoms with E-state index in [1.807, 2.05) is 41.0 Å². The molecule has 1 aliphatic rings. The highest BCUT2D eigenvalue weighted by atomic mass is 16.3. The van der Waals surface area contributed by atoms with E-state index in [9.17, 15) is 15.0 Å². The molecule has 1 unspecified atom stereocenters. The van der Waals surface area contributed by atoms with Crippen molar-refractivity contribution < 1.29 is 15.0 Å². The van der Waals surface area contributed by atoms with Crippen LogP contribution in [0.3, 0.4) is 0 Å². The van der Waals surface area contributed by atoms with Crippen LogP contribution in [0.5, 0.6) is 0 Å². The highest BCUT2D eigenvalue weighted by molar-refractivity contribution is 5.94. The van der Waals surface area contributed by atoms with Gasteiger partial charge in [-0.05, 0) is 49.2 Å². The largest absolute Gasteiger partial charge is 0.393 e. The van der Waals surface area contributed by atoms with Gasteiger partial charge in [-0.1, -0.05) is 12.1 Å². The number of nitrogens with zero attached hydrogens (tertiary/aromatic N) is 3. The monoisotopic (exact) mass is 351 g/mol. The molecule has 1 saturated heterocycles. The van der Waals surface area contributed by atoms with Crippen molar-refractivity contribution in [2.45, 2.75) is 18.4 Å². The molecule has 6 heteroatoms. The standard InChI is InChI=1S/C20H21N3O3/c24-13-20(26)10-3-11-22(12-20)19(25)15-6-8-16(9-7-15)23-14-21-17-4-1-2-5-18(17)23/h1-2,4-9,14,24,26H,3,10-13H2. The molecule has 0 radical (unpaired) electrons. The minimum Gasteiger partial charge on any atom is -0.393 e. The summed E-state index contributed by atoms with van der Waals surface area (Å²) in [6.07, 6.45) is 2.97. The van der Waals surface area contributed by atoms with Crippen molar-refractivity contribution in [3.63, 3.8) is 0 Å². The number of carbonyl (C=O) groups excluding carboxylic acids is 1. The zero-order valence-corrected chi connectivity index (χ0v) is 14.4. The maximum absolute atomic E-state index is 12.7. The maximum Gasteiger partial charge on any atom is 0.253 e. The zero-order chi connectivity index (χ0) is 18.1. The number of imidazole rings is 1. The Morgan fingerprint density at radius 3 is 2.69 bits per heavy atom. The number of piperidine rings is 1. The third-order valence-corrected chi connectivity index (χ3v) is 4.98. The van der Waals surface area contributed by atoms with Crippen LogP contribution >= 0.6 is 0 Å². The Balaban J connectivity index is 1.57. The third-order valence-electron chi connectivity index (χ3n) is 4.98. The van der Waals surface area contributed by atoms with Crippen molar-refractivity contribution >= 4 is 16.9 Å². The summed E-state index contributed by atoms with van der Waals surface area (Å²) in [6, 6.07) is 15.3. The molecule has 4 rings (SSSR count). The number of likely N-dealkylation sites (tertiary alicyclic amines) is 1. The second-order valence-electron chi connectivity index (χ2n) is 6.86. The molecule has 0 spiro atoms. The Hall–Kier alpha value is -2.70. The highest BCUT2D eigenvalue weighted by Gasteiger charge is 2.34. The van der Waals surface area contributed by atoms with Crippen molar-refractivity contribution in [3.8, 4) is 5.69 Å². The lowest BCUT2D eigenvalue weighted by Gasteiger charge is -2.38. The second kappa shape index (κ2) is 6.55. The SMILES string of the molecule is O=C(c1ccc(-n2cnc3ccccc32)cc1)N1CCCC(O)(CO)C1. The van der Waals surface area contributed by atoms with Gasteiger partial charge < -0.3 is 15.1 Å². The Morgan fingerprint density at radius 2 is 1.92 bits per heavy atom. The molecular formula is C20H21N3O3. The Labute approximate surface area is 151 Å². The average molecular weight is 351 g/mol. The lowest BCUT2D eigenvalue weighted by Crippen LogP contribution is -2.52. The fraction of sp³-hybridized carbons (Fsp3) is 0.300. The molecule has 1 atom stereocenters. The van der Waals surface area contributed by atoms with E-state index in [-0.39, 0.29) is 19.1 Å². The van der Waals surface area contributed by atoms with E-state index in [1.54, 1.807) is 23.4 Å². The average Bonchev–Trinajstić information content (AvgIpc) is 3.12. The number of amides is 1. The van der Waals surface area contributed by atoms with E-state index in [0.29, 0.717) is 24.9 Å². The molecule has 0 aliphatic carbocycles. The van der Waals surface area contributed by atoms with Gasteiger partial charge >= 0.3 is 0 Å². The molecule has 1 amide bonds. The third kappa shape index (κ3) is 2.98. The number of hydrogen-bond donors (Lipinski definition) is 2. The summed E-state index contributed by atoms with van der Waals surface area (Å²) in [6.45, 7) is 0.425. The number of aliphatic hydroxyl groups excluding tert-OH is 1. The molecule has 134 valence electrons. The van der Waals surface area contributed by atoms with Crippen molar-refractivity contribution in [3.05, 3.63) is 60.4 Å². The van der Waals surface area contributed by atoms with Crippen molar-refractivity contribution in [1.29, 1.82) is 0 Å². The Bertz CT molecular complexity index is 935. The molecule has 6 nitrogen and oxygen atoms in total. The van der Waals surface area contributed by atoms with Crippen LogP contribution in [0.25, 0.3) is 16.7 Å². The summed E-state index contributed by atoms with van der Waals surface area (Å²) in [4.78, 5) is 18.7. The summed E-state index contributed by atoms with van der Waals surface area (Å²) < 4.78 is 1.98. The Kier molecular flexibility index (Phi) is 4.22. The van der Waals surface area contributed by atoms with Crippen molar-refractivity contribution in [2.75, 3.05) is 19.7 Å². The highest BCUT2D eigenvalue weighted by Crippen LogP contribution is 2.23. The van der Waals surface area contributed by atoms with Crippen LogP contribution in [0.1, 0.15) is 23.2 Å². The fourth-order valence-electron chi connectivity index (χ4n) is 3.53. The van der Waals surface area contributed by atoms with Crippen LogP contribution in [0, 0.1) is 0 Å². The summed E-state index contributed by atoms with van der Waals surface area (Å²) in [7, 11) is 0. The first-order valence-electron chi connectivity index (χ1n) is 8.75. The van der Waals surface area contributed by atoms with Gasteiger partial charge in [-0.15, -0.1) is 0 Å². The van der Waals surface area contributed by atoms with Crippen LogP contribution in [0.2, 0.25) is 0 Å². The van der Waals surface area contributed by atoms with Gasteiger partial charge in [-0.25, -0.2) is 4.98 Å². The minimum atomic E-state index is -1.19. The molecule has 1 aromatic heterocycles. The van der Waals surface area contributed by atoms with Gasteiger partial charge in [0.2, 0.25) is 0 Å². The van der Waals surface area contributed by atoms with Crippen LogP contribution in [-0.2, 0) is 0 Å². The lowest BCUT2D eigenvalue weighted by atomic mass is 9.93. The number of aliphatic hydroxyl groups is 2. The quantitative estimate of drug-likeness (QED) is 0.756. The van der Waals surface area contributed by atoms with Crippen molar-refractivity contribution in [2.24, 2.45) is 0 Å². The molecule has 2 aromatic carbocycles. The van der Waals surface area contributed by atoms with Crippen LogP contribution in [-0.4, -0.2) is 55.9 Å². The fourth-order valence-corrected chi connectivity index (χ4v) is 3.53. The number of β-amino-alcohol motifs (C(OH)–C–C–N with tert-alkyl or cyclic N) is 1. The van der Waals surface area contributed by atoms with E-state index in [0.717, 1.165) is 16.7 Å². The molecule has 26 heavy (non-hydrogen) atoms. The number of fused-ring (bicyclic) bond motifs is 1. The number of aromatic nitrogens is 2. The lowest BCUT2D eigenvalue weighted by molar-refractivity contribution is -0.0598. The molecule has 3 aromatic rings. The molecule has 2 heterocycles. The van der Waals surface area contributed by atoms with E-state index in [2.05, 4.69) is 4.98 Å². The van der Waals surface area contributed by atoms with E-state index < -0.39 is 5.60 Å². The number of benzene rings is 2. The van der Waals surface area contributed by atoms with Crippen molar-refractivity contribution in [1.82, 2.24) is 14.5 Å². The second-order valence-corrected chi connectivity index (χ2v) is 6.86. The van der Waals surface area contributed by atoms with Gasteiger partial charge in [0.25, 0.3) is 5.91 Å². The first kappa shape index (κ1) is 16.8. The number of para-hydroxylation sites is 2. The smallest absolute Gasteiger partial charge is 0.253 e. The summed E-state index contributed by atoms with van der Waals surface area (Å²) in [5, 5.41) is 19.6. The Morgan fingerprint density at radius 1 is 1.15 bits per heavy atom. The normalized spacial score (nSPS) is 20.5. The number of rotatable bonds is 3. The van der Waals surface area contributed by atoms with Gasteiger partial charge in [0.05, 0.1) is 24.2 Å². The molecule has 1 fully saturated rings. The summed E-state index contributed by atoms with van der Waals surface area (Å²) >= 11 is 0. The van der Waals surface area contributed by atoms with Gasteiger partial charge in [0.1, 0.15) is 11.9 Å². The van der Waals surface area contributed by atoms with Crippen LogP contribution in [0.4, 0.5) is 0 Å². The predicted molar refractivity (Wildman–Crippen MR) is 98.2 cm³/mol. The summed E-state index contributed by atoms with van der Waals surface area (Å²) in [5.41, 5.74) is 2.24. The molecule has 1 aliphatic heterocycles.